The zero-order chi connectivity index (χ0) is 14.5. The highest BCUT2D eigenvalue weighted by Gasteiger charge is 2.12. The number of ether oxygens (including phenoxy) is 1. The number of hydrogen-bond donors (Lipinski definition) is 1. The van der Waals surface area contributed by atoms with Gasteiger partial charge in [-0.15, -0.1) is 0 Å². The second-order valence-electron chi connectivity index (χ2n) is 4.90. The van der Waals surface area contributed by atoms with E-state index in [0.717, 1.165) is 34.4 Å². The summed E-state index contributed by atoms with van der Waals surface area (Å²) in [6, 6.07) is 14.1. The average Bonchev–Trinajstić information content (AvgIpc) is 2.47. The molecule has 2 rings (SSSR count). The third kappa shape index (κ3) is 3.62. The molecule has 2 aromatic carbocycles. The van der Waals surface area contributed by atoms with Crippen molar-refractivity contribution in [3.8, 4) is 5.75 Å². The highest BCUT2D eigenvalue weighted by atomic mass is 79.9. The largest absolute Gasteiger partial charge is 0.494 e. The molecular formula is C17H20BrNO. The minimum atomic E-state index is -0.118. The molecule has 0 fully saturated rings. The second-order valence-corrected chi connectivity index (χ2v) is 5.81. The van der Waals surface area contributed by atoms with Crippen molar-refractivity contribution in [2.45, 2.75) is 26.3 Å². The molecule has 0 amide bonds. The van der Waals surface area contributed by atoms with Crippen molar-refractivity contribution >= 4 is 15.9 Å². The lowest BCUT2D eigenvalue weighted by Crippen LogP contribution is -2.13. The summed E-state index contributed by atoms with van der Waals surface area (Å²) in [6.45, 7) is 4.93. The Morgan fingerprint density at radius 3 is 2.50 bits per heavy atom. The molecule has 0 saturated carbocycles. The molecule has 0 aromatic heterocycles. The van der Waals surface area contributed by atoms with E-state index >= 15 is 0 Å². The summed E-state index contributed by atoms with van der Waals surface area (Å²) in [6.07, 6.45) is 1.01. The Morgan fingerprint density at radius 2 is 1.85 bits per heavy atom. The van der Waals surface area contributed by atoms with Crippen LogP contribution in [0.2, 0.25) is 0 Å². The Bertz CT molecular complexity index is 566. The van der Waals surface area contributed by atoms with Crippen LogP contribution < -0.4 is 10.5 Å². The molecule has 3 heteroatoms. The number of halogens is 1. The normalized spacial score (nSPS) is 12.2. The van der Waals surface area contributed by atoms with Crippen LogP contribution in [0.15, 0.2) is 46.9 Å². The third-order valence-corrected chi connectivity index (χ3v) is 3.78. The molecule has 0 aliphatic heterocycles. The summed E-state index contributed by atoms with van der Waals surface area (Å²) in [7, 11) is 0. The molecule has 0 spiro atoms. The van der Waals surface area contributed by atoms with Gasteiger partial charge >= 0.3 is 0 Å². The molecule has 2 aromatic rings. The maximum atomic E-state index is 6.37. The van der Waals surface area contributed by atoms with Gasteiger partial charge in [0.2, 0.25) is 0 Å². The quantitative estimate of drug-likeness (QED) is 0.868. The van der Waals surface area contributed by atoms with E-state index in [2.05, 4.69) is 41.9 Å². The molecule has 0 bridgehead atoms. The van der Waals surface area contributed by atoms with Gasteiger partial charge in [-0.25, -0.2) is 0 Å². The van der Waals surface area contributed by atoms with Crippen molar-refractivity contribution in [2.75, 3.05) is 6.61 Å². The van der Waals surface area contributed by atoms with Gasteiger partial charge in [0.25, 0.3) is 0 Å². The van der Waals surface area contributed by atoms with Gasteiger partial charge in [0.15, 0.2) is 0 Å². The molecule has 2 nitrogen and oxygen atoms in total. The monoisotopic (exact) mass is 333 g/mol. The topological polar surface area (TPSA) is 35.2 Å². The molecule has 2 N–H and O–H groups in total. The Kier molecular flexibility index (Phi) is 5.21. The number of aryl methyl sites for hydroxylation is 1. The van der Waals surface area contributed by atoms with E-state index in [1.165, 1.54) is 5.56 Å². The van der Waals surface area contributed by atoms with Crippen molar-refractivity contribution in [3.05, 3.63) is 63.6 Å². The Labute approximate surface area is 129 Å². The van der Waals surface area contributed by atoms with E-state index in [1.54, 1.807) is 0 Å². The molecule has 0 radical (unpaired) electrons. The van der Waals surface area contributed by atoms with Gasteiger partial charge in [-0.2, -0.15) is 0 Å². The van der Waals surface area contributed by atoms with Crippen molar-refractivity contribution in [1.29, 1.82) is 0 Å². The van der Waals surface area contributed by atoms with Gasteiger partial charge in [0.1, 0.15) is 5.75 Å². The summed E-state index contributed by atoms with van der Waals surface area (Å²) in [5.74, 6) is 0.897. The molecule has 0 heterocycles. The van der Waals surface area contributed by atoms with Gasteiger partial charge in [0.05, 0.1) is 12.6 Å². The first kappa shape index (κ1) is 15.1. The van der Waals surface area contributed by atoms with E-state index in [-0.39, 0.29) is 6.04 Å². The van der Waals surface area contributed by atoms with Crippen LogP contribution in [0.3, 0.4) is 0 Å². The maximum Gasteiger partial charge on any atom is 0.119 e. The first-order valence-electron chi connectivity index (χ1n) is 6.86. The van der Waals surface area contributed by atoms with Crippen LogP contribution in [0.4, 0.5) is 0 Å². The van der Waals surface area contributed by atoms with Crippen LogP contribution in [-0.4, -0.2) is 6.61 Å². The highest BCUT2D eigenvalue weighted by Crippen LogP contribution is 2.27. The minimum Gasteiger partial charge on any atom is -0.494 e. The van der Waals surface area contributed by atoms with Gasteiger partial charge in [-0.05, 0) is 54.3 Å². The van der Waals surface area contributed by atoms with E-state index in [9.17, 15) is 0 Å². The molecule has 0 aliphatic carbocycles. The predicted octanol–water partition coefficient (Wildman–Crippen LogP) is 4.59. The third-order valence-electron chi connectivity index (χ3n) is 3.29. The number of nitrogens with two attached hydrogens (primary N) is 1. The van der Waals surface area contributed by atoms with Gasteiger partial charge in [-0.3, -0.25) is 0 Å². The van der Waals surface area contributed by atoms with Crippen molar-refractivity contribution in [2.24, 2.45) is 5.73 Å². The average molecular weight is 334 g/mol. The fraction of sp³-hybridized carbons (Fsp3) is 0.294. The van der Waals surface area contributed by atoms with Crippen LogP contribution in [-0.2, 0) is 0 Å². The maximum absolute atomic E-state index is 6.37. The minimum absolute atomic E-state index is 0.118. The van der Waals surface area contributed by atoms with Crippen LogP contribution >= 0.6 is 15.9 Å². The zero-order valence-electron chi connectivity index (χ0n) is 11.9. The lowest BCUT2D eigenvalue weighted by atomic mass is 9.96. The predicted molar refractivity (Wildman–Crippen MR) is 87.1 cm³/mol. The summed E-state index contributed by atoms with van der Waals surface area (Å²) in [4.78, 5) is 0. The SMILES string of the molecule is CCCOc1ccc(C(N)c2cc(Br)ccc2C)cc1. The van der Waals surface area contributed by atoms with Crippen molar-refractivity contribution in [1.82, 2.24) is 0 Å². The van der Waals surface area contributed by atoms with Crippen LogP contribution in [0.25, 0.3) is 0 Å². The first-order chi connectivity index (χ1) is 9.61. The molecule has 0 aliphatic rings. The molecule has 0 saturated heterocycles. The molecule has 1 unspecified atom stereocenters. The first-order valence-corrected chi connectivity index (χ1v) is 7.65. The van der Waals surface area contributed by atoms with Crippen molar-refractivity contribution in [3.63, 3.8) is 0 Å². The smallest absolute Gasteiger partial charge is 0.119 e. The van der Waals surface area contributed by atoms with E-state index in [0.29, 0.717) is 0 Å². The summed E-state index contributed by atoms with van der Waals surface area (Å²) in [5, 5.41) is 0. The van der Waals surface area contributed by atoms with Gasteiger partial charge in [0, 0.05) is 4.47 Å². The van der Waals surface area contributed by atoms with Crippen LogP contribution in [0.5, 0.6) is 5.75 Å². The lowest BCUT2D eigenvalue weighted by molar-refractivity contribution is 0.317. The highest BCUT2D eigenvalue weighted by molar-refractivity contribution is 9.10. The second kappa shape index (κ2) is 6.91. The Balaban J connectivity index is 2.20. The molecule has 20 heavy (non-hydrogen) atoms. The van der Waals surface area contributed by atoms with Crippen LogP contribution in [0.1, 0.15) is 36.1 Å². The standard InChI is InChI=1S/C17H20BrNO/c1-3-10-20-15-8-5-13(6-9-15)17(19)16-11-14(18)7-4-12(16)2/h4-9,11,17H,3,10,19H2,1-2H3. The Hall–Kier alpha value is -1.32. The van der Waals surface area contributed by atoms with E-state index in [1.807, 2.05) is 30.3 Å². The zero-order valence-corrected chi connectivity index (χ0v) is 13.5. The number of rotatable bonds is 5. The number of benzene rings is 2. The number of hydrogen-bond acceptors (Lipinski definition) is 2. The van der Waals surface area contributed by atoms with Gasteiger partial charge < -0.3 is 10.5 Å². The molecular weight excluding hydrogens is 314 g/mol. The van der Waals surface area contributed by atoms with E-state index in [4.69, 9.17) is 10.5 Å². The fourth-order valence-corrected chi connectivity index (χ4v) is 2.50. The summed E-state index contributed by atoms with van der Waals surface area (Å²) in [5.41, 5.74) is 9.81. The fourth-order valence-electron chi connectivity index (χ4n) is 2.12. The summed E-state index contributed by atoms with van der Waals surface area (Å²) < 4.78 is 6.64. The van der Waals surface area contributed by atoms with Crippen LogP contribution in [0, 0.1) is 6.92 Å². The summed E-state index contributed by atoms with van der Waals surface area (Å²) >= 11 is 3.50. The molecule has 106 valence electrons. The van der Waals surface area contributed by atoms with Crippen molar-refractivity contribution < 1.29 is 4.74 Å². The Morgan fingerprint density at radius 1 is 1.15 bits per heavy atom. The van der Waals surface area contributed by atoms with Gasteiger partial charge in [-0.1, -0.05) is 41.1 Å². The van der Waals surface area contributed by atoms with E-state index < -0.39 is 0 Å². The molecule has 1 atom stereocenters. The lowest BCUT2D eigenvalue weighted by Gasteiger charge is -2.16.